The van der Waals surface area contributed by atoms with Gasteiger partial charge in [0.25, 0.3) is 0 Å². The number of aromatic amines is 3. The van der Waals surface area contributed by atoms with Crippen LogP contribution >= 0.6 is 0 Å². The molecule has 0 aromatic carbocycles. The summed E-state index contributed by atoms with van der Waals surface area (Å²) in [5.74, 6) is -1.88. The van der Waals surface area contributed by atoms with Gasteiger partial charge in [-0.3, -0.25) is 0 Å². The normalized spacial score (nSPS) is 11.1. The molecule has 7 heteroatoms. The molecule has 0 saturated carbocycles. The number of aromatic nitrogens is 3. The molecule has 0 unspecified atom stereocenters. The van der Waals surface area contributed by atoms with Crippen LogP contribution in [0.5, 0.6) is 0 Å². The fourth-order valence-electron chi connectivity index (χ4n) is 3.71. The molecule has 3 aromatic heterocycles. The Morgan fingerprint density at radius 1 is 0.857 bits per heavy atom. The highest BCUT2D eigenvalue weighted by Crippen LogP contribution is 2.22. The van der Waals surface area contributed by atoms with Crippen molar-refractivity contribution in [1.82, 2.24) is 15.0 Å². The Hall–Kier alpha value is -3.22. The number of carbonyl (C=O) groups is 2. The molecule has 0 aliphatic heterocycles. The summed E-state index contributed by atoms with van der Waals surface area (Å²) < 4.78 is 0. The van der Waals surface area contributed by atoms with E-state index in [4.69, 9.17) is 0 Å². The highest BCUT2D eigenvalue weighted by molar-refractivity contribution is 5.88. The second-order valence-corrected chi connectivity index (χ2v) is 6.96. The van der Waals surface area contributed by atoms with Crippen molar-refractivity contribution in [2.45, 2.75) is 46.5 Å². The molecule has 148 valence electrons. The van der Waals surface area contributed by atoms with Crippen molar-refractivity contribution in [3.05, 3.63) is 69.1 Å². The molecule has 3 heterocycles. The van der Waals surface area contributed by atoms with Crippen molar-refractivity contribution in [1.29, 1.82) is 0 Å². The molecule has 0 aliphatic carbocycles. The Kier molecular flexibility index (Phi) is 5.44. The van der Waals surface area contributed by atoms with Crippen LogP contribution in [0, 0.1) is 6.92 Å². The third-order valence-corrected chi connectivity index (χ3v) is 5.16. The lowest BCUT2D eigenvalue weighted by Crippen LogP contribution is -2.01. The summed E-state index contributed by atoms with van der Waals surface area (Å²) in [4.78, 5) is 32.1. The molecule has 5 N–H and O–H groups in total. The van der Waals surface area contributed by atoms with Crippen LogP contribution in [-0.2, 0) is 25.7 Å². The highest BCUT2D eigenvalue weighted by atomic mass is 16.4. The summed E-state index contributed by atoms with van der Waals surface area (Å²) >= 11 is 0. The standard InChI is InChI=1S/C21H25N3O4/c1-4-12-8-15(23-18(12)20(25)26)9-13-6-7-14(22-13)10-17-11(3)16(5-2)19(24-17)21(27)28/h6-8,22-24H,4-5,9-10H2,1-3H3,(H,25,26)(H,27,28). The lowest BCUT2D eigenvalue weighted by Gasteiger charge is -2.00. The van der Waals surface area contributed by atoms with Gasteiger partial charge in [-0.25, -0.2) is 9.59 Å². The van der Waals surface area contributed by atoms with Gasteiger partial charge >= 0.3 is 11.9 Å². The Morgan fingerprint density at radius 3 is 2.00 bits per heavy atom. The first-order valence-electron chi connectivity index (χ1n) is 9.38. The van der Waals surface area contributed by atoms with Gasteiger partial charge in [-0.2, -0.15) is 0 Å². The molecule has 7 nitrogen and oxygen atoms in total. The number of aromatic carboxylic acids is 2. The van der Waals surface area contributed by atoms with Crippen molar-refractivity contribution < 1.29 is 19.8 Å². The van der Waals surface area contributed by atoms with Crippen molar-refractivity contribution in [2.75, 3.05) is 0 Å². The summed E-state index contributed by atoms with van der Waals surface area (Å²) in [5, 5.41) is 18.6. The molecule has 0 spiro atoms. The molecular weight excluding hydrogens is 358 g/mol. The number of carboxylic acids is 2. The minimum Gasteiger partial charge on any atom is -0.477 e. The average molecular weight is 383 g/mol. The zero-order valence-corrected chi connectivity index (χ0v) is 16.3. The van der Waals surface area contributed by atoms with E-state index in [0.717, 1.165) is 39.5 Å². The summed E-state index contributed by atoms with van der Waals surface area (Å²) in [5.41, 5.74) is 6.82. The number of aryl methyl sites for hydroxylation is 1. The minimum atomic E-state index is -0.946. The van der Waals surface area contributed by atoms with Gasteiger partial charge in [0.2, 0.25) is 0 Å². The van der Waals surface area contributed by atoms with Crippen LogP contribution in [0.3, 0.4) is 0 Å². The lowest BCUT2D eigenvalue weighted by molar-refractivity contribution is 0.0679. The van der Waals surface area contributed by atoms with Crippen molar-refractivity contribution in [3.63, 3.8) is 0 Å². The van der Waals surface area contributed by atoms with E-state index in [1.807, 2.05) is 39.0 Å². The second-order valence-electron chi connectivity index (χ2n) is 6.96. The van der Waals surface area contributed by atoms with E-state index in [1.165, 1.54) is 0 Å². The van der Waals surface area contributed by atoms with E-state index in [-0.39, 0.29) is 11.4 Å². The molecule has 28 heavy (non-hydrogen) atoms. The molecular formula is C21H25N3O4. The van der Waals surface area contributed by atoms with E-state index in [0.29, 0.717) is 25.7 Å². The zero-order valence-electron chi connectivity index (χ0n) is 16.3. The molecule has 0 atom stereocenters. The van der Waals surface area contributed by atoms with Gasteiger partial charge in [0.1, 0.15) is 11.4 Å². The number of hydrogen-bond donors (Lipinski definition) is 5. The van der Waals surface area contributed by atoms with E-state index >= 15 is 0 Å². The predicted molar refractivity (Wildman–Crippen MR) is 105 cm³/mol. The van der Waals surface area contributed by atoms with E-state index in [1.54, 1.807) is 0 Å². The first-order chi connectivity index (χ1) is 13.3. The van der Waals surface area contributed by atoms with E-state index in [2.05, 4.69) is 15.0 Å². The number of H-pyrrole nitrogens is 3. The van der Waals surface area contributed by atoms with Crippen LogP contribution in [0.2, 0.25) is 0 Å². The maximum atomic E-state index is 11.4. The molecule has 0 amide bonds. The van der Waals surface area contributed by atoms with E-state index in [9.17, 15) is 19.8 Å². The van der Waals surface area contributed by atoms with Crippen molar-refractivity contribution >= 4 is 11.9 Å². The van der Waals surface area contributed by atoms with Gasteiger partial charge in [-0.1, -0.05) is 13.8 Å². The summed E-state index contributed by atoms with van der Waals surface area (Å²) in [6.07, 6.45) is 2.48. The van der Waals surface area contributed by atoms with Gasteiger partial charge < -0.3 is 25.2 Å². The van der Waals surface area contributed by atoms with Crippen LogP contribution in [-0.4, -0.2) is 37.1 Å². The third-order valence-electron chi connectivity index (χ3n) is 5.16. The largest absolute Gasteiger partial charge is 0.477 e. The van der Waals surface area contributed by atoms with Gasteiger partial charge in [-0.15, -0.1) is 0 Å². The van der Waals surface area contributed by atoms with E-state index < -0.39 is 11.9 Å². The Bertz CT molecular complexity index is 1020. The van der Waals surface area contributed by atoms with Crippen LogP contribution < -0.4 is 0 Å². The molecule has 3 rings (SSSR count). The SMILES string of the molecule is CCc1cc(Cc2ccc(Cc3[nH]c(C(=O)O)c(CC)c3C)[nH]2)[nH]c1C(=O)O. The van der Waals surface area contributed by atoms with Crippen molar-refractivity contribution in [3.8, 4) is 0 Å². The fraction of sp³-hybridized carbons (Fsp3) is 0.333. The van der Waals surface area contributed by atoms with Gasteiger partial charge in [0, 0.05) is 35.6 Å². The first-order valence-corrected chi connectivity index (χ1v) is 9.38. The maximum absolute atomic E-state index is 11.4. The smallest absolute Gasteiger partial charge is 0.352 e. The maximum Gasteiger partial charge on any atom is 0.352 e. The van der Waals surface area contributed by atoms with Crippen LogP contribution in [0.4, 0.5) is 0 Å². The monoisotopic (exact) mass is 383 g/mol. The molecule has 0 fully saturated rings. The second kappa shape index (κ2) is 7.80. The fourth-order valence-corrected chi connectivity index (χ4v) is 3.71. The van der Waals surface area contributed by atoms with Gasteiger partial charge in [-0.05, 0) is 54.7 Å². The van der Waals surface area contributed by atoms with Crippen LogP contribution in [0.1, 0.15) is 74.3 Å². The Labute approximate surface area is 162 Å². The Balaban J connectivity index is 1.78. The number of hydrogen-bond acceptors (Lipinski definition) is 2. The van der Waals surface area contributed by atoms with Crippen LogP contribution in [0.25, 0.3) is 0 Å². The number of nitrogens with one attached hydrogen (secondary N) is 3. The lowest BCUT2D eigenvalue weighted by atomic mass is 10.1. The molecule has 0 saturated heterocycles. The molecule has 0 aliphatic rings. The molecule has 3 aromatic rings. The molecule has 0 radical (unpaired) electrons. The van der Waals surface area contributed by atoms with Gasteiger partial charge in [0.15, 0.2) is 0 Å². The minimum absolute atomic E-state index is 0.250. The highest BCUT2D eigenvalue weighted by Gasteiger charge is 2.18. The quantitative estimate of drug-likeness (QED) is 0.407. The van der Waals surface area contributed by atoms with Gasteiger partial charge in [0.05, 0.1) is 0 Å². The summed E-state index contributed by atoms with van der Waals surface area (Å²) in [6.45, 7) is 5.83. The van der Waals surface area contributed by atoms with Crippen molar-refractivity contribution in [2.24, 2.45) is 0 Å². The Morgan fingerprint density at radius 2 is 1.50 bits per heavy atom. The average Bonchev–Trinajstić information content (AvgIpc) is 3.34. The van der Waals surface area contributed by atoms with Crippen LogP contribution in [0.15, 0.2) is 18.2 Å². The first kappa shape index (κ1) is 19.5. The number of rotatable bonds is 8. The number of carboxylic acid groups (broad SMARTS) is 2. The predicted octanol–water partition coefficient (Wildman–Crippen LogP) is 3.68. The topological polar surface area (TPSA) is 122 Å². The third kappa shape index (κ3) is 3.74. The molecule has 0 bridgehead atoms. The zero-order chi connectivity index (χ0) is 20.4. The summed E-state index contributed by atoms with van der Waals surface area (Å²) in [7, 11) is 0. The summed E-state index contributed by atoms with van der Waals surface area (Å²) in [6, 6.07) is 5.84.